The molecule has 0 nitrogen and oxygen atoms in total. The first kappa shape index (κ1) is 23.1. The molecule has 0 fully saturated rings. The van der Waals surface area contributed by atoms with Crippen LogP contribution in [0.15, 0.2) is 97.1 Å². The Morgan fingerprint density at radius 1 is 0.486 bits per heavy atom. The molecule has 0 saturated heterocycles. The van der Waals surface area contributed by atoms with E-state index in [0.29, 0.717) is 0 Å². The van der Waals surface area contributed by atoms with Gasteiger partial charge in [-0.2, -0.15) is 0 Å². The van der Waals surface area contributed by atoms with Gasteiger partial charge in [0.05, 0.1) is 8.07 Å². The highest BCUT2D eigenvalue weighted by Crippen LogP contribution is 2.38. The fraction of sp³-hybridized carbons (Fsp3) is 0.111. The van der Waals surface area contributed by atoms with Crippen LogP contribution in [0.5, 0.6) is 0 Å². The number of hydrogen-bond acceptors (Lipinski definition) is 0. The quantitative estimate of drug-likeness (QED) is 0.124. The van der Waals surface area contributed by atoms with Crippen molar-refractivity contribution < 1.29 is 0 Å². The molecule has 0 bridgehead atoms. The number of aryl methyl sites for hydroxylation is 1. The zero-order chi connectivity index (χ0) is 25.6. The standard InChI is InChI=1S/C36H28Si/c1-25-23-28(17-15-26-11-7-5-8-12-26)31-20-21-32-29(18-16-27-13-9-6-10-14-27)24-34(37(2,3)4)33-22-19-30(25)35(31)36(32)33/h5-14,19-24H,1-4H3. The van der Waals surface area contributed by atoms with Crippen molar-refractivity contribution in [2.75, 3.05) is 0 Å². The third-order valence-electron chi connectivity index (χ3n) is 7.14. The average Bonchev–Trinajstić information content (AvgIpc) is 2.91. The van der Waals surface area contributed by atoms with Crippen LogP contribution in [0.4, 0.5) is 0 Å². The average molecular weight is 489 g/mol. The Kier molecular flexibility index (Phi) is 5.61. The molecule has 0 heterocycles. The minimum Gasteiger partial charge on any atom is -0.0656 e. The highest BCUT2D eigenvalue weighted by atomic mass is 28.3. The number of rotatable bonds is 1. The maximum Gasteiger partial charge on any atom is 0.0784 e. The minimum absolute atomic E-state index is 1.03. The molecule has 37 heavy (non-hydrogen) atoms. The molecular formula is C36H28Si. The third-order valence-corrected chi connectivity index (χ3v) is 9.17. The van der Waals surface area contributed by atoms with E-state index in [0.717, 1.165) is 22.3 Å². The van der Waals surface area contributed by atoms with Gasteiger partial charge in [-0.15, -0.1) is 0 Å². The van der Waals surface area contributed by atoms with E-state index in [1.54, 1.807) is 0 Å². The summed E-state index contributed by atoms with van der Waals surface area (Å²) in [6, 6.07) is 34.3. The Balaban J connectivity index is 1.69. The lowest BCUT2D eigenvalue weighted by atomic mass is 9.88. The molecule has 0 aliphatic heterocycles. The molecule has 0 saturated carbocycles. The largest absolute Gasteiger partial charge is 0.0784 e. The Labute approximate surface area is 220 Å². The molecular weight excluding hydrogens is 460 g/mol. The van der Waals surface area contributed by atoms with Gasteiger partial charge in [0.25, 0.3) is 0 Å². The van der Waals surface area contributed by atoms with E-state index in [1.807, 2.05) is 36.4 Å². The van der Waals surface area contributed by atoms with Gasteiger partial charge < -0.3 is 0 Å². The summed E-state index contributed by atoms with van der Waals surface area (Å²) in [7, 11) is -1.65. The maximum absolute atomic E-state index is 3.55. The molecule has 0 aromatic heterocycles. The van der Waals surface area contributed by atoms with Gasteiger partial charge in [0.1, 0.15) is 0 Å². The summed E-state index contributed by atoms with van der Waals surface area (Å²) in [6.07, 6.45) is 0. The van der Waals surface area contributed by atoms with E-state index >= 15 is 0 Å². The summed E-state index contributed by atoms with van der Waals surface area (Å²) in [5.41, 5.74) is 5.53. The lowest BCUT2D eigenvalue weighted by Gasteiger charge is -2.23. The van der Waals surface area contributed by atoms with Gasteiger partial charge in [0, 0.05) is 22.3 Å². The molecule has 0 unspecified atom stereocenters. The monoisotopic (exact) mass is 488 g/mol. The van der Waals surface area contributed by atoms with Crippen LogP contribution in [-0.4, -0.2) is 8.07 Å². The molecule has 0 atom stereocenters. The molecule has 0 N–H and O–H groups in total. The molecule has 6 aromatic carbocycles. The summed E-state index contributed by atoms with van der Waals surface area (Å²) in [4.78, 5) is 0. The fourth-order valence-electron chi connectivity index (χ4n) is 5.32. The van der Waals surface area contributed by atoms with Crippen molar-refractivity contribution in [3.05, 3.63) is 125 Å². The zero-order valence-electron chi connectivity index (χ0n) is 21.7. The van der Waals surface area contributed by atoms with Crippen molar-refractivity contribution in [1.29, 1.82) is 0 Å². The van der Waals surface area contributed by atoms with Crippen LogP contribution in [0.25, 0.3) is 32.3 Å². The Hall–Kier alpha value is -4.30. The highest BCUT2D eigenvalue weighted by Gasteiger charge is 2.23. The van der Waals surface area contributed by atoms with Crippen molar-refractivity contribution >= 4 is 45.6 Å². The van der Waals surface area contributed by atoms with Gasteiger partial charge in [-0.05, 0) is 81.2 Å². The summed E-state index contributed by atoms with van der Waals surface area (Å²) in [6.45, 7) is 9.48. The van der Waals surface area contributed by atoms with Crippen molar-refractivity contribution in [3.8, 4) is 23.7 Å². The van der Waals surface area contributed by atoms with Crippen LogP contribution >= 0.6 is 0 Å². The van der Waals surface area contributed by atoms with E-state index in [-0.39, 0.29) is 0 Å². The van der Waals surface area contributed by atoms with Crippen molar-refractivity contribution in [2.45, 2.75) is 26.6 Å². The predicted octanol–water partition coefficient (Wildman–Crippen LogP) is 8.24. The van der Waals surface area contributed by atoms with Crippen LogP contribution in [0.3, 0.4) is 0 Å². The Bertz CT molecular complexity index is 1900. The van der Waals surface area contributed by atoms with Crippen LogP contribution in [-0.2, 0) is 0 Å². The fourth-order valence-corrected chi connectivity index (χ4v) is 6.91. The van der Waals surface area contributed by atoms with E-state index < -0.39 is 8.07 Å². The molecule has 0 aliphatic carbocycles. The van der Waals surface area contributed by atoms with Crippen LogP contribution in [0, 0.1) is 30.6 Å². The van der Waals surface area contributed by atoms with Crippen LogP contribution in [0.2, 0.25) is 19.6 Å². The molecule has 6 rings (SSSR count). The molecule has 1 heteroatoms. The number of benzene rings is 6. The minimum atomic E-state index is -1.65. The van der Waals surface area contributed by atoms with Gasteiger partial charge in [-0.3, -0.25) is 0 Å². The van der Waals surface area contributed by atoms with Gasteiger partial charge in [-0.25, -0.2) is 0 Å². The normalized spacial score (nSPS) is 11.4. The number of hydrogen-bond donors (Lipinski definition) is 0. The van der Waals surface area contributed by atoms with E-state index in [1.165, 1.54) is 43.1 Å². The molecule has 0 spiro atoms. The summed E-state index contributed by atoms with van der Waals surface area (Å²) in [5.74, 6) is 13.8. The SMILES string of the molecule is Cc1cc(C#Cc2ccccc2)c2ccc3c(C#Cc4ccccc4)cc([Si](C)(C)C)c4ccc1c2c34. The molecule has 6 aromatic rings. The first-order chi connectivity index (χ1) is 17.9. The van der Waals surface area contributed by atoms with Crippen LogP contribution in [0.1, 0.15) is 27.8 Å². The van der Waals surface area contributed by atoms with E-state index in [4.69, 9.17) is 0 Å². The van der Waals surface area contributed by atoms with Gasteiger partial charge in [0.15, 0.2) is 0 Å². The second-order valence-electron chi connectivity index (χ2n) is 10.8. The second-order valence-corrected chi connectivity index (χ2v) is 15.8. The van der Waals surface area contributed by atoms with E-state index in [9.17, 15) is 0 Å². The highest BCUT2D eigenvalue weighted by molar-refractivity contribution is 6.90. The summed E-state index contributed by atoms with van der Waals surface area (Å²) in [5, 5.41) is 9.22. The first-order valence-corrected chi connectivity index (χ1v) is 16.3. The Morgan fingerprint density at radius 3 is 1.49 bits per heavy atom. The lowest BCUT2D eigenvalue weighted by Crippen LogP contribution is -2.38. The first-order valence-electron chi connectivity index (χ1n) is 12.8. The van der Waals surface area contributed by atoms with Crippen molar-refractivity contribution in [1.82, 2.24) is 0 Å². The smallest absolute Gasteiger partial charge is 0.0656 e. The molecule has 0 aliphatic rings. The third kappa shape index (κ3) is 4.19. The van der Waals surface area contributed by atoms with Gasteiger partial charge in [0.2, 0.25) is 0 Å². The lowest BCUT2D eigenvalue weighted by molar-refractivity contribution is 1.53. The van der Waals surface area contributed by atoms with Crippen molar-refractivity contribution in [3.63, 3.8) is 0 Å². The van der Waals surface area contributed by atoms with Crippen LogP contribution < -0.4 is 5.19 Å². The van der Waals surface area contributed by atoms with Crippen molar-refractivity contribution in [2.24, 2.45) is 0 Å². The summed E-state index contributed by atoms with van der Waals surface area (Å²) < 4.78 is 0. The molecule has 0 radical (unpaired) electrons. The zero-order valence-corrected chi connectivity index (χ0v) is 22.7. The second kappa shape index (κ2) is 8.97. The maximum atomic E-state index is 3.55. The molecule has 0 amide bonds. The van der Waals surface area contributed by atoms with Gasteiger partial charge >= 0.3 is 0 Å². The molecule has 176 valence electrons. The summed E-state index contributed by atoms with van der Waals surface area (Å²) >= 11 is 0. The predicted molar refractivity (Wildman–Crippen MR) is 163 cm³/mol. The Morgan fingerprint density at radius 2 is 0.946 bits per heavy atom. The van der Waals surface area contributed by atoms with E-state index in [2.05, 4.69) is 111 Å². The topological polar surface area (TPSA) is 0 Å². The van der Waals surface area contributed by atoms with Gasteiger partial charge in [-0.1, -0.05) is 109 Å².